The average molecular weight is 351 g/mol. The highest BCUT2D eigenvalue weighted by molar-refractivity contribution is 5.94. The quantitative estimate of drug-likeness (QED) is 0.462. The van der Waals surface area contributed by atoms with Crippen molar-refractivity contribution in [2.24, 2.45) is 5.10 Å². The van der Waals surface area contributed by atoms with Gasteiger partial charge in [0.1, 0.15) is 5.56 Å². The van der Waals surface area contributed by atoms with Gasteiger partial charge in [-0.2, -0.15) is 5.10 Å². The Morgan fingerprint density at radius 2 is 1.96 bits per heavy atom. The van der Waals surface area contributed by atoms with Crippen molar-refractivity contribution in [3.05, 3.63) is 86.8 Å². The van der Waals surface area contributed by atoms with Crippen molar-refractivity contribution in [3.8, 4) is 11.6 Å². The van der Waals surface area contributed by atoms with Crippen LogP contribution in [0.1, 0.15) is 15.9 Å². The van der Waals surface area contributed by atoms with Crippen molar-refractivity contribution in [1.82, 2.24) is 20.0 Å². The molecule has 2 heterocycles. The fourth-order valence-corrected chi connectivity index (χ4v) is 2.19. The molecule has 0 bridgehead atoms. The maximum absolute atomic E-state index is 12.0. The third-order valence-electron chi connectivity index (χ3n) is 3.42. The van der Waals surface area contributed by atoms with E-state index in [4.69, 9.17) is 0 Å². The van der Waals surface area contributed by atoms with Gasteiger partial charge in [0.15, 0.2) is 0 Å². The number of amides is 1. The standard InChI is InChI=1S/C17H13N5O4/c23-14(11-5-4-8-18-9-11)21-19-10-13-15(24)20-17(26)22(16(13)25)12-6-2-1-3-7-12/h1-10,25H,(H,21,23)(H,20,24,26)/b19-10+. The third-order valence-corrected chi connectivity index (χ3v) is 3.42. The van der Waals surface area contributed by atoms with Crippen LogP contribution in [-0.2, 0) is 0 Å². The molecule has 0 fully saturated rings. The number of hydrogen-bond acceptors (Lipinski definition) is 6. The van der Waals surface area contributed by atoms with Crippen LogP contribution < -0.4 is 16.7 Å². The molecule has 0 atom stereocenters. The lowest BCUT2D eigenvalue weighted by Crippen LogP contribution is -2.31. The molecule has 0 saturated carbocycles. The van der Waals surface area contributed by atoms with E-state index in [1.807, 2.05) is 0 Å². The van der Waals surface area contributed by atoms with Gasteiger partial charge in [-0.3, -0.25) is 19.6 Å². The number of nitrogens with one attached hydrogen (secondary N) is 2. The summed E-state index contributed by atoms with van der Waals surface area (Å²) in [5.74, 6) is -1.13. The van der Waals surface area contributed by atoms with Crippen LogP contribution in [0.25, 0.3) is 5.69 Å². The van der Waals surface area contributed by atoms with Gasteiger partial charge in [0.25, 0.3) is 11.5 Å². The normalized spacial score (nSPS) is 10.8. The number of rotatable bonds is 4. The lowest BCUT2D eigenvalue weighted by molar-refractivity contribution is 0.0954. The molecule has 1 aromatic carbocycles. The highest BCUT2D eigenvalue weighted by Gasteiger charge is 2.14. The molecular formula is C17H13N5O4. The second-order valence-corrected chi connectivity index (χ2v) is 5.11. The number of para-hydroxylation sites is 1. The van der Waals surface area contributed by atoms with Crippen LogP contribution in [0.4, 0.5) is 0 Å². The molecule has 0 spiro atoms. The van der Waals surface area contributed by atoms with Crippen molar-refractivity contribution < 1.29 is 9.90 Å². The lowest BCUT2D eigenvalue weighted by atomic mass is 10.3. The van der Waals surface area contributed by atoms with E-state index in [0.717, 1.165) is 10.8 Å². The molecule has 9 nitrogen and oxygen atoms in total. The van der Waals surface area contributed by atoms with E-state index < -0.39 is 23.0 Å². The first-order chi connectivity index (χ1) is 12.6. The monoisotopic (exact) mass is 351 g/mol. The number of hydrazone groups is 1. The van der Waals surface area contributed by atoms with E-state index >= 15 is 0 Å². The second-order valence-electron chi connectivity index (χ2n) is 5.11. The lowest BCUT2D eigenvalue weighted by Gasteiger charge is -2.09. The maximum Gasteiger partial charge on any atom is 0.335 e. The minimum absolute atomic E-state index is 0.275. The molecule has 0 unspecified atom stereocenters. The topological polar surface area (TPSA) is 129 Å². The Hall–Kier alpha value is -4.01. The molecular weight excluding hydrogens is 338 g/mol. The third kappa shape index (κ3) is 3.41. The Balaban J connectivity index is 1.92. The minimum Gasteiger partial charge on any atom is -0.493 e. The summed E-state index contributed by atoms with van der Waals surface area (Å²) in [5, 5.41) is 14.0. The summed E-state index contributed by atoms with van der Waals surface area (Å²) in [4.78, 5) is 41.7. The van der Waals surface area contributed by atoms with E-state index in [1.54, 1.807) is 36.4 Å². The molecule has 0 radical (unpaired) electrons. The van der Waals surface area contributed by atoms with E-state index in [0.29, 0.717) is 5.69 Å². The van der Waals surface area contributed by atoms with Gasteiger partial charge in [-0.25, -0.2) is 14.8 Å². The summed E-state index contributed by atoms with van der Waals surface area (Å²) < 4.78 is 0.922. The number of benzene rings is 1. The first-order valence-electron chi connectivity index (χ1n) is 7.45. The van der Waals surface area contributed by atoms with Gasteiger partial charge < -0.3 is 5.11 Å². The van der Waals surface area contributed by atoms with Crippen LogP contribution in [0.2, 0.25) is 0 Å². The zero-order valence-corrected chi connectivity index (χ0v) is 13.3. The Bertz CT molecular complexity index is 1070. The molecule has 1 amide bonds. The summed E-state index contributed by atoms with van der Waals surface area (Å²) in [5.41, 5.74) is 0.943. The van der Waals surface area contributed by atoms with E-state index in [2.05, 4.69) is 20.5 Å². The number of carbonyl (C=O) groups excluding carboxylic acids is 1. The van der Waals surface area contributed by atoms with E-state index in [9.17, 15) is 19.5 Å². The Morgan fingerprint density at radius 1 is 1.19 bits per heavy atom. The number of aromatic hydroxyl groups is 1. The van der Waals surface area contributed by atoms with Crippen LogP contribution in [0.3, 0.4) is 0 Å². The van der Waals surface area contributed by atoms with Crippen molar-refractivity contribution >= 4 is 12.1 Å². The number of carbonyl (C=O) groups is 1. The number of nitrogens with zero attached hydrogens (tertiary/aromatic N) is 3. The molecule has 3 rings (SSSR count). The number of pyridine rings is 1. The van der Waals surface area contributed by atoms with Crippen molar-refractivity contribution in [1.29, 1.82) is 0 Å². The zero-order valence-electron chi connectivity index (χ0n) is 13.3. The smallest absolute Gasteiger partial charge is 0.335 e. The van der Waals surface area contributed by atoms with Crippen LogP contribution in [-0.4, -0.2) is 31.8 Å². The van der Waals surface area contributed by atoms with Gasteiger partial charge in [-0.1, -0.05) is 18.2 Å². The minimum atomic E-state index is -0.834. The van der Waals surface area contributed by atoms with Gasteiger partial charge in [0.2, 0.25) is 5.88 Å². The molecule has 0 aliphatic carbocycles. The second kappa shape index (κ2) is 7.26. The van der Waals surface area contributed by atoms with Crippen molar-refractivity contribution in [3.63, 3.8) is 0 Å². The summed E-state index contributed by atoms with van der Waals surface area (Å²) in [6.45, 7) is 0. The fraction of sp³-hybridized carbons (Fsp3) is 0. The van der Waals surface area contributed by atoms with Crippen LogP contribution in [0.15, 0.2) is 69.5 Å². The van der Waals surface area contributed by atoms with E-state index in [-0.39, 0.29) is 11.1 Å². The number of hydrogen-bond donors (Lipinski definition) is 3. The van der Waals surface area contributed by atoms with Crippen LogP contribution in [0, 0.1) is 0 Å². The van der Waals surface area contributed by atoms with Gasteiger partial charge in [-0.05, 0) is 24.3 Å². The Morgan fingerprint density at radius 3 is 2.65 bits per heavy atom. The predicted molar refractivity (Wildman–Crippen MR) is 93.6 cm³/mol. The first-order valence-corrected chi connectivity index (χ1v) is 7.45. The van der Waals surface area contributed by atoms with Crippen molar-refractivity contribution in [2.45, 2.75) is 0 Å². The average Bonchev–Trinajstić information content (AvgIpc) is 2.65. The SMILES string of the molecule is O=C(N/N=C/c1c(O)n(-c2ccccc2)c(=O)[nH]c1=O)c1cccnc1. The molecule has 0 saturated heterocycles. The van der Waals surface area contributed by atoms with Crippen molar-refractivity contribution in [2.75, 3.05) is 0 Å². The molecule has 130 valence electrons. The molecule has 0 aliphatic heterocycles. The Kier molecular flexibility index (Phi) is 4.70. The van der Waals surface area contributed by atoms with Crippen LogP contribution in [0.5, 0.6) is 5.88 Å². The van der Waals surface area contributed by atoms with Gasteiger partial charge in [0, 0.05) is 12.4 Å². The number of aromatic nitrogens is 3. The molecule has 3 aromatic rings. The molecule has 0 aliphatic rings. The van der Waals surface area contributed by atoms with Gasteiger partial charge in [-0.15, -0.1) is 0 Å². The summed E-state index contributed by atoms with van der Waals surface area (Å²) in [7, 11) is 0. The Labute approximate surface area is 146 Å². The molecule has 9 heteroatoms. The number of H-pyrrole nitrogens is 1. The fourth-order valence-electron chi connectivity index (χ4n) is 2.19. The predicted octanol–water partition coefficient (Wildman–Crippen LogP) is 0.390. The molecule has 2 aromatic heterocycles. The molecule has 3 N–H and O–H groups in total. The zero-order chi connectivity index (χ0) is 18.5. The largest absolute Gasteiger partial charge is 0.493 e. The number of aromatic amines is 1. The summed E-state index contributed by atoms with van der Waals surface area (Å²) >= 11 is 0. The van der Waals surface area contributed by atoms with Crippen LogP contribution >= 0.6 is 0 Å². The first kappa shape index (κ1) is 16.8. The van der Waals surface area contributed by atoms with Gasteiger partial charge >= 0.3 is 5.69 Å². The summed E-state index contributed by atoms with van der Waals surface area (Å²) in [6, 6.07) is 11.4. The summed E-state index contributed by atoms with van der Waals surface area (Å²) in [6.07, 6.45) is 3.83. The van der Waals surface area contributed by atoms with Gasteiger partial charge in [0.05, 0.1) is 17.5 Å². The highest BCUT2D eigenvalue weighted by Crippen LogP contribution is 2.14. The maximum atomic E-state index is 12.0. The highest BCUT2D eigenvalue weighted by atomic mass is 16.3. The molecule has 26 heavy (non-hydrogen) atoms. The van der Waals surface area contributed by atoms with E-state index in [1.165, 1.54) is 18.5 Å².